The summed E-state index contributed by atoms with van der Waals surface area (Å²) in [4.78, 5) is 83.3. The van der Waals surface area contributed by atoms with Gasteiger partial charge >= 0.3 is 11.8 Å². The largest absolute Gasteiger partial charge is 0.507 e. The maximum Gasteiger partial charge on any atom is 0.315 e. The monoisotopic (exact) mass is 1040 g/mol. The van der Waals surface area contributed by atoms with Crippen LogP contribution in [0.5, 0.6) is 11.5 Å². The molecule has 7 aliphatic heterocycles. The number of aliphatic hydroxyl groups excluding tert-OH is 2. The molecule has 1 aromatic rings. The lowest BCUT2D eigenvalue weighted by atomic mass is 9.78. The Morgan fingerprint density at radius 1 is 0.880 bits per heavy atom. The number of aliphatic imine (C=N–C) groups is 1. The standard InChI is InChI=1S/C57H80N6O12/c1-31(2)30-61-26-20-57(21-27-61)59-45-42-43-50(68)37(8)53-44(42)54(70)56(9,75-53)73-28-19-39(72-10)34(5)52(74-41(65)29-40(64)63-24-17-38(18-25-63)62-22-12-11-13-23-62)36(7)49(67)35(6)48(66)32(3)15-14-16-33(4)55(71)58-47(51(43)69)46(45)60-57/h14-16,19,28,31-32,34-36,38-39,48-49,52,60,66-68H,11-13,17-18,20-27,29-30H2,1-10H3,(H,58,71)/b15-14+,28-19+,33-16-/t32-,34+,35+,36+,39?,48-,49+,52+,56-/m0/s1. The van der Waals surface area contributed by atoms with Crippen LogP contribution in [0.2, 0.25) is 0 Å². The van der Waals surface area contributed by atoms with Crippen LogP contribution in [0.1, 0.15) is 139 Å². The topological polar surface area (TPSA) is 229 Å². The van der Waals surface area contributed by atoms with Gasteiger partial charge in [-0.3, -0.25) is 29.0 Å². The van der Waals surface area contributed by atoms with Gasteiger partial charge < -0.3 is 59.6 Å². The van der Waals surface area contributed by atoms with E-state index in [1.807, 2.05) is 0 Å². The fourth-order valence-corrected chi connectivity index (χ4v) is 12.3. The summed E-state index contributed by atoms with van der Waals surface area (Å²) in [5.74, 6) is -7.90. The Bertz CT molecular complexity index is 2550. The summed E-state index contributed by atoms with van der Waals surface area (Å²) in [6.45, 7) is 21.4. The minimum atomic E-state index is -2.02. The number of ether oxygens (including phenoxy) is 4. The van der Waals surface area contributed by atoms with Crippen molar-refractivity contribution in [3.63, 3.8) is 0 Å². The first-order valence-electron chi connectivity index (χ1n) is 27.2. The van der Waals surface area contributed by atoms with E-state index in [1.54, 1.807) is 57.7 Å². The summed E-state index contributed by atoms with van der Waals surface area (Å²) in [6, 6.07) is 0.415. The molecule has 9 rings (SSSR count). The number of phenols is 1. The lowest BCUT2D eigenvalue weighted by molar-refractivity contribution is -0.165. The highest BCUT2D eigenvalue weighted by molar-refractivity contribution is 6.34. The van der Waals surface area contributed by atoms with Crippen molar-refractivity contribution < 1.29 is 58.2 Å². The third kappa shape index (κ3) is 11.2. The maximum absolute atomic E-state index is 15.0. The number of aromatic hydroxyl groups is 1. The number of fused-ring (bicyclic) bond motifs is 13. The van der Waals surface area contributed by atoms with Crippen LogP contribution < -0.4 is 15.4 Å². The zero-order valence-corrected chi connectivity index (χ0v) is 45.6. The Hall–Kier alpha value is -5.40. The summed E-state index contributed by atoms with van der Waals surface area (Å²) in [7, 11) is 1.46. The molecule has 410 valence electrons. The van der Waals surface area contributed by atoms with Crippen LogP contribution in [0.25, 0.3) is 0 Å². The first-order chi connectivity index (χ1) is 35.6. The number of benzene rings is 1. The number of rotatable bonds is 7. The third-order valence-corrected chi connectivity index (χ3v) is 17.0. The van der Waals surface area contributed by atoms with Gasteiger partial charge in [0.1, 0.15) is 35.4 Å². The molecule has 1 unspecified atom stereocenters. The lowest BCUT2D eigenvalue weighted by Crippen LogP contribution is -2.50. The van der Waals surface area contributed by atoms with E-state index in [0.717, 1.165) is 32.5 Å². The minimum absolute atomic E-state index is 0.00395. The van der Waals surface area contributed by atoms with Gasteiger partial charge in [-0.1, -0.05) is 66.2 Å². The summed E-state index contributed by atoms with van der Waals surface area (Å²) >= 11 is 0. The number of likely N-dealkylation sites (tertiary alicyclic amines) is 3. The second-order valence-corrected chi connectivity index (χ2v) is 22.8. The van der Waals surface area contributed by atoms with E-state index in [-0.39, 0.29) is 56.6 Å². The van der Waals surface area contributed by atoms with Gasteiger partial charge in [0, 0.05) is 106 Å². The predicted octanol–water partition coefficient (Wildman–Crippen LogP) is 5.46. The van der Waals surface area contributed by atoms with Crippen LogP contribution in [0.4, 0.5) is 0 Å². The Labute approximate surface area is 441 Å². The van der Waals surface area contributed by atoms with Gasteiger partial charge in [-0.25, -0.2) is 0 Å². The van der Waals surface area contributed by atoms with Crippen LogP contribution in [0.15, 0.2) is 52.5 Å². The molecule has 1 spiro atoms. The van der Waals surface area contributed by atoms with E-state index in [1.165, 1.54) is 52.6 Å². The van der Waals surface area contributed by atoms with Crippen molar-refractivity contribution in [1.82, 2.24) is 25.3 Å². The number of aliphatic hydroxyl groups is 2. The zero-order valence-electron chi connectivity index (χ0n) is 45.6. The molecule has 5 bridgehead atoms. The molecule has 75 heavy (non-hydrogen) atoms. The molecule has 18 nitrogen and oxygen atoms in total. The smallest absolute Gasteiger partial charge is 0.315 e. The summed E-state index contributed by atoms with van der Waals surface area (Å²) < 4.78 is 24.7. The van der Waals surface area contributed by atoms with Crippen LogP contribution in [0, 0.1) is 36.5 Å². The Morgan fingerprint density at radius 2 is 1.56 bits per heavy atom. The van der Waals surface area contributed by atoms with Crippen molar-refractivity contribution in [3.05, 3.63) is 69.8 Å². The van der Waals surface area contributed by atoms with Crippen molar-refractivity contribution in [1.29, 1.82) is 0 Å². The second-order valence-electron chi connectivity index (χ2n) is 22.8. The van der Waals surface area contributed by atoms with Crippen LogP contribution >= 0.6 is 0 Å². The van der Waals surface area contributed by atoms with Gasteiger partial charge in [0.15, 0.2) is 0 Å². The number of hydrogen-bond donors (Lipinski definition) is 5. The third-order valence-electron chi connectivity index (χ3n) is 17.0. The number of carbonyl (C=O) groups excluding carboxylic acids is 5. The number of nitrogens with one attached hydrogen (secondary N) is 2. The Kier molecular flexibility index (Phi) is 16.9. The maximum atomic E-state index is 15.0. The summed E-state index contributed by atoms with van der Waals surface area (Å²) in [5, 5.41) is 42.0. The van der Waals surface area contributed by atoms with Crippen molar-refractivity contribution in [2.45, 2.75) is 156 Å². The molecule has 7 heterocycles. The van der Waals surface area contributed by atoms with Gasteiger partial charge in [0.2, 0.25) is 11.7 Å². The molecular weight excluding hydrogens is 961 g/mol. The average molecular weight is 1040 g/mol. The minimum Gasteiger partial charge on any atom is -0.507 e. The molecule has 1 aliphatic carbocycles. The quantitative estimate of drug-likeness (QED) is 0.169. The zero-order chi connectivity index (χ0) is 54.3. The number of esters is 1. The molecule has 3 fully saturated rings. The van der Waals surface area contributed by atoms with Gasteiger partial charge in [0.05, 0.1) is 47.1 Å². The second kappa shape index (κ2) is 22.7. The van der Waals surface area contributed by atoms with Crippen molar-refractivity contribution in [2.24, 2.45) is 34.6 Å². The molecule has 2 amide bonds. The highest BCUT2D eigenvalue weighted by Crippen LogP contribution is 2.50. The van der Waals surface area contributed by atoms with E-state index in [2.05, 4.69) is 34.3 Å². The first kappa shape index (κ1) is 55.8. The molecule has 9 atom stereocenters. The highest BCUT2D eigenvalue weighted by atomic mass is 16.7. The number of hydrogen-bond acceptors (Lipinski definition) is 16. The van der Waals surface area contributed by atoms with Crippen LogP contribution in [0.3, 0.4) is 0 Å². The van der Waals surface area contributed by atoms with Gasteiger partial charge in [-0.2, -0.15) is 0 Å². The molecule has 3 saturated heterocycles. The molecule has 18 heteroatoms. The van der Waals surface area contributed by atoms with Crippen LogP contribution in [-0.4, -0.2) is 160 Å². The number of phenolic OH excluding ortho intramolecular Hbond substituents is 1. The van der Waals surface area contributed by atoms with Gasteiger partial charge in [-0.15, -0.1) is 0 Å². The van der Waals surface area contributed by atoms with E-state index in [9.17, 15) is 39.3 Å². The molecule has 0 saturated carbocycles. The SMILES string of the molecule is COC1/C=C/O[C@@]2(C)Oc3c(C)c(O)c4c(c3C2=O)C2=NC3(CCN(CC(C)C)CC3)NC2=C(NC(=O)/C(C)=C\C=C\[C@H](C)[C@H](O)[C@@H](C)[C@@H](O)[C@@H](C)[C@H](OC(=O)CC(=O)N2CCC(N3CCCCC3)CC2)[C@@H]1C)C4=O. The number of piperidine rings is 3. The fourth-order valence-electron chi connectivity index (χ4n) is 12.3. The van der Waals surface area contributed by atoms with Gasteiger partial charge in [0.25, 0.3) is 11.7 Å². The summed E-state index contributed by atoms with van der Waals surface area (Å²) in [6.07, 6.45) is 9.31. The van der Waals surface area contributed by atoms with E-state index in [4.69, 9.17) is 23.9 Å². The Morgan fingerprint density at radius 3 is 2.21 bits per heavy atom. The molecule has 1 aromatic carbocycles. The van der Waals surface area contributed by atoms with Crippen molar-refractivity contribution >= 4 is 35.1 Å². The normalized spacial score (nSPS) is 32.7. The number of Topliss-reactive ketones (excluding diaryl/α,β-unsaturated/α-hetero) is 2. The first-order valence-corrected chi connectivity index (χ1v) is 27.2. The molecular formula is C57H80N6O12. The van der Waals surface area contributed by atoms with Gasteiger partial charge in [-0.05, 0) is 64.6 Å². The molecule has 8 aliphatic rings. The van der Waals surface area contributed by atoms with E-state index < -0.39 is 95.2 Å². The van der Waals surface area contributed by atoms with Crippen molar-refractivity contribution in [2.75, 3.05) is 52.9 Å². The average Bonchev–Trinajstić information content (AvgIpc) is 3.95. The number of amides is 2. The number of carbonyl (C=O) groups is 5. The number of nitrogens with zero attached hydrogens (tertiary/aromatic N) is 4. The number of methoxy groups -OCH3 is 1. The van der Waals surface area contributed by atoms with E-state index in [0.29, 0.717) is 51.0 Å². The summed E-state index contributed by atoms with van der Waals surface area (Å²) in [5.41, 5.74) is -0.348. The number of allylic oxidation sites excluding steroid dienone is 4. The fraction of sp³-hybridized carbons (Fsp3) is 0.649. The molecule has 5 N–H and O–H groups in total. The highest BCUT2D eigenvalue weighted by Gasteiger charge is 2.54. The number of ketones is 2. The molecule has 0 aromatic heterocycles. The van der Waals surface area contributed by atoms with Crippen LogP contribution in [-0.2, 0) is 28.6 Å². The Balaban J connectivity index is 1.12. The van der Waals surface area contributed by atoms with Crippen molar-refractivity contribution in [3.8, 4) is 11.5 Å². The molecule has 0 radical (unpaired) electrons. The predicted molar refractivity (Wildman–Crippen MR) is 281 cm³/mol. The van der Waals surface area contributed by atoms with E-state index >= 15 is 0 Å². The lowest BCUT2D eigenvalue weighted by Gasteiger charge is -2.40.